The number of ether oxygens (including phenoxy) is 1. The SMILES string of the molecule is CNC(=O)[C@H]1CN(c2ccc(C3[C@H]4CS(O)(O)C[C@@H]34)c(F)c2)C(=O)O1. The predicted molar refractivity (Wildman–Crippen MR) is 90.4 cm³/mol. The van der Waals surface area contributed by atoms with Crippen LogP contribution in [-0.4, -0.2) is 52.3 Å². The lowest BCUT2D eigenvalue weighted by Gasteiger charge is -2.29. The number of amides is 2. The highest BCUT2D eigenvalue weighted by molar-refractivity contribution is 8.24. The monoisotopic (exact) mass is 370 g/mol. The summed E-state index contributed by atoms with van der Waals surface area (Å²) in [4.78, 5) is 24.8. The fourth-order valence-electron chi connectivity index (χ4n) is 3.97. The first-order valence-electron chi connectivity index (χ1n) is 8.03. The van der Waals surface area contributed by atoms with E-state index in [1.165, 1.54) is 18.0 Å². The van der Waals surface area contributed by atoms with Crippen molar-refractivity contribution in [1.29, 1.82) is 0 Å². The summed E-state index contributed by atoms with van der Waals surface area (Å²) in [7, 11) is -1.02. The van der Waals surface area contributed by atoms with Crippen LogP contribution in [0.2, 0.25) is 0 Å². The molecule has 2 heterocycles. The third kappa shape index (κ3) is 2.76. The van der Waals surface area contributed by atoms with Gasteiger partial charge in [-0.25, -0.2) is 9.18 Å². The van der Waals surface area contributed by atoms with Gasteiger partial charge >= 0.3 is 6.09 Å². The number of hydrogen-bond donors (Lipinski definition) is 3. The Morgan fingerprint density at radius 3 is 2.64 bits per heavy atom. The Morgan fingerprint density at radius 1 is 1.36 bits per heavy atom. The van der Waals surface area contributed by atoms with Gasteiger partial charge in [-0.2, -0.15) is 10.6 Å². The summed E-state index contributed by atoms with van der Waals surface area (Å²) in [5.41, 5.74) is 0.886. The molecule has 0 radical (unpaired) electrons. The zero-order chi connectivity index (χ0) is 17.9. The maximum absolute atomic E-state index is 14.6. The molecule has 3 fully saturated rings. The number of likely N-dealkylation sites (N-methyl/N-ethyl adjacent to an activating group) is 1. The molecular formula is C16H19FN2O5S. The van der Waals surface area contributed by atoms with Crippen LogP contribution in [-0.2, 0) is 9.53 Å². The number of benzene rings is 1. The molecule has 1 aromatic rings. The Bertz CT molecular complexity index is 744. The molecule has 1 saturated carbocycles. The summed E-state index contributed by atoms with van der Waals surface area (Å²) in [6.45, 7) is 0.0346. The number of carbonyl (C=O) groups is 2. The molecule has 7 nitrogen and oxygen atoms in total. The Labute approximate surface area is 145 Å². The Hall–Kier alpha value is -1.84. The third-order valence-electron chi connectivity index (χ3n) is 5.26. The van der Waals surface area contributed by atoms with Crippen molar-refractivity contribution in [3.63, 3.8) is 0 Å². The van der Waals surface area contributed by atoms with Crippen LogP contribution >= 0.6 is 10.6 Å². The molecule has 2 saturated heterocycles. The number of cyclic esters (lactones) is 1. The molecule has 1 unspecified atom stereocenters. The summed E-state index contributed by atoms with van der Waals surface area (Å²) >= 11 is 0. The highest BCUT2D eigenvalue weighted by Gasteiger charge is 2.59. The van der Waals surface area contributed by atoms with Crippen LogP contribution in [0.5, 0.6) is 0 Å². The average molecular weight is 370 g/mol. The van der Waals surface area contributed by atoms with Crippen molar-refractivity contribution in [3.05, 3.63) is 29.6 Å². The molecule has 2 aliphatic heterocycles. The minimum absolute atomic E-state index is 0.0122. The van der Waals surface area contributed by atoms with Gasteiger partial charge in [0.05, 0.1) is 12.2 Å². The first kappa shape index (κ1) is 16.6. The largest absolute Gasteiger partial charge is 0.434 e. The summed E-state index contributed by atoms with van der Waals surface area (Å²) in [5, 5.41) is 2.42. The number of nitrogens with zero attached hydrogens (tertiary/aromatic N) is 1. The van der Waals surface area contributed by atoms with Crippen molar-refractivity contribution in [2.45, 2.75) is 12.0 Å². The van der Waals surface area contributed by atoms with Crippen molar-refractivity contribution in [1.82, 2.24) is 5.32 Å². The minimum atomic E-state index is -2.47. The van der Waals surface area contributed by atoms with Gasteiger partial charge in [-0.05, 0) is 35.4 Å². The number of rotatable bonds is 3. The van der Waals surface area contributed by atoms with E-state index in [2.05, 4.69) is 5.32 Å². The first-order chi connectivity index (χ1) is 11.8. The van der Waals surface area contributed by atoms with E-state index in [0.29, 0.717) is 22.8 Å². The predicted octanol–water partition coefficient (Wildman–Crippen LogP) is 1.99. The molecule has 1 aromatic carbocycles. The van der Waals surface area contributed by atoms with Crippen LogP contribution in [0, 0.1) is 17.7 Å². The Morgan fingerprint density at radius 2 is 2.04 bits per heavy atom. The smallest absolute Gasteiger partial charge is 0.415 e. The van der Waals surface area contributed by atoms with E-state index >= 15 is 0 Å². The van der Waals surface area contributed by atoms with Gasteiger partial charge in [-0.15, -0.1) is 0 Å². The van der Waals surface area contributed by atoms with Crippen LogP contribution in [0.3, 0.4) is 0 Å². The number of halogens is 1. The van der Waals surface area contributed by atoms with Crippen LogP contribution in [0.15, 0.2) is 18.2 Å². The van der Waals surface area contributed by atoms with Crippen LogP contribution in [0.4, 0.5) is 14.9 Å². The second-order valence-electron chi connectivity index (χ2n) is 6.79. The summed E-state index contributed by atoms with van der Waals surface area (Å²) in [6.07, 6.45) is -1.59. The van der Waals surface area contributed by atoms with Gasteiger partial charge in [0.2, 0.25) is 0 Å². The molecule has 1 aliphatic carbocycles. The highest BCUT2D eigenvalue weighted by atomic mass is 32.3. The van der Waals surface area contributed by atoms with E-state index in [1.54, 1.807) is 12.1 Å². The van der Waals surface area contributed by atoms with Gasteiger partial charge in [0.1, 0.15) is 5.82 Å². The van der Waals surface area contributed by atoms with E-state index < -0.39 is 34.5 Å². The lowest BCUT2D eigenvalue weighted by Crippen LogP contribution is -2.35. The molecule has 0 aromatic heterocycles. The van der Waals surface area contributed by atoms with Gasteiger partial charge < -0.3 is 10.1 Å². The zero-order valence-electron chi connectivity index (χ0n) is 13.5. The molecule has 3 N–H and O–H groups in total. The third-order valence-corrected chi connectivity index (χ3v) is 7.09. The van der Waals surface area contributed by atoms with Crippen LogP contribution in [0.25, 0.3) is 0 Å². The molecule has 0 spiro atoms. The normalized spacial score (nSPS) is 33.6. The average Bonchev–Trinajstić information content (AvgIpc) is 2.91. The van der Waals surface area contributed by atoms with Gasteiger partial charge in [-0.1, -0.05) is 6.07 Å². The summed E-state index contributed by atoms with van der Waals surface area (Å²) in [6, 6.07) is 4.55. The van der Waals surface area contributed by atoms with E-state index in [0.717, 1.165) is 0 Å². The van der Waals surface area contributed by atoms with E-state index in [-0.39, 0.29) is 24.3 Å². The quantitative estimate of drug-likeness (QED) is 0.756. The molecule has 4 rings (SSSR count). The molecule has 3 aliphatic rings. The fourth-order valence-corrected chi connectivity index (χ4v) is 6.25. The van der Waals surface area contributed by atoms with Crippen molar-refractivity contribution in [2.24, 2.45) is 11.8 Å². The summed E-state index contributed by atoms with van der Waals surface area (Å²) in [5.74, 6) is 0.117. The van der Waals surface area contributed by atoms with Crippen molar-refractivity contribution >= 4 is 28.3 Å². The molecule has 2 amide bonds. The highest BCUT2D eigenvalue weighted by Crippen LogP contribution is 2.69. The van der Waals surface area contributed by atoms with E-state index in [1.807, 2.05) is 0 Å². The molecule has 9 heteroatoms. The second-order valence-corrected chi connectivity index (χ2v) is 9.06. The standard InChI is InChI=1S/C16H19FN2O5S/c1-18-15(20)13-5-19(16(21)24-13)8-2-3-9(12(17)4-8)14-10-6-25(22,23)7-11(10)14/h2-4,10-11,13-14,22-23H,5-7H2,1H3,(H,18,20)/t10-,11+,13-,14?/m1/s1. The second kappa shape index (κ2) is 5.58. The molecular weight excluding hydrogens is 351 g/mol. The Kier molecular flexibility index (Phi) is 3.71. The number of hydrogen-bond acceptors (Lipinski definition) is 5. The van der Waals surface area contributed by atoms with E-state index in [4.69, 9.17) is 4.74 Å². The lowest BCUT2D eigenvalue weighted by molar-refractivity contribution is -0.127. The molecule has 25 heavy (non-hydrogen) atoms. The van der Waals surface area contributed by atoms with Crippen LogP contribution in [0.1, 0.15) is 11.5 Å². The molecule has 136 valence electrons. The lowest BCUT2D eigenvalue weighted by atomic mass is 10.1. The van der Waals surface area contributed by atoms with Gasteiger partial charge in [-0.3, -0.25) is 18.8 Å². The van der Waals surface area contributed by atoms with Gasteiger partial charge in [0.15, 0.2) is 6.10 Å². The maximum atomic E-state index is 14.6. The molecule has 4 atom stereocenters. The maximum Gasteiger partial charge on any atom is 0.415 e. The van der Waals surface area contributed by atoms with Gasteiger partial charge in [0.25, 0.3) is 5.91 Å². The minimum Gasteiger partial charge on any atom is -0.434 e. The zero-order valence-corrected chi connectivity index (χ0v) is 14.3. The fraction of sp³-hybridized carbons (Fsp3) is 0.500. The first-order valence-corrected chi connectivity index (χ1v) is 9.92. The van der Waals surface area contributed by atoms with Gasteiger partial charge in [0, 0.05) is 18.6 Å². The topological polar surface area (TPSA) is 99.1 Å². The van der Waals surface area contributed by atoms with Crippen LogP contribution < -0.4 is 10.2 Å². The van der Waals surface area contributed by atoms with Crippen molar-refractivity contribution in [3.8, 4) is 0 Å². The number of nitrogens with one attached hydrogen (secondary N) is 1. The number of carbonyl (C=O) groups excluding carboxylic acids is 2. The van der Waals surface area contributed by atoms with E-state index in [9.17, 15) is 23.1 Å². The number of fused-ring (bicyclic) bond motifs is 1. The summed E-state index contributed by atoms with van der Waals surface area (Å²) < 4.78 is 38.9. The Balaban J connectivity index is 1.50. The molecule has 0 bridgehead atoms. The number of anilines is 1. The van der Waals surface area contributed by atoms with Crippen molar-refractivity contribution < 1.29 is 27.8 Å². The van der Waals surface area contributed by atoms with Crippen molar-refractivity contribution in [2.75, 3.05) is 30.0 Å².